The fourth-order valence-electron chi connectivity index (χ4n) is 9.57. The highest BCUT2D eigenvalue weighted by Crippen LogP contribution is 2.41. The number of carbonyl (C=O) groups excluding carboxylic acids is 1. The van der Waals surface area contributed by atoms with Gasteiger partial charge in [-0.15, -0.1) is 0 Å². The number of likely N-dealkylation sites (tertiary alicyclic amines) is 1. The van der Waals surface area contributed by atoms with Gasteiger partial charge in [0, 0.05) is 37.3 Å². The molecule has 4 aliphatic rings. The molecule has 328 valence electrons. The number of rotatable bonds is 11. The molecule has 10 rings (SSSR count). The number of nitrogens with zero attached hydrogens (tertiary/aromatic N) is 15. The van der Waals surface area contributed by atoms with Gasteiger partial charge in [0.05, 0.1) is 50.3 Å². The highest BCUT2D eigenvalue weighted by Gasteiger charge is 2.45. The zero-order valence-corrected chi connectivity index (χ0v) is 34.9. The molecular weight excluding hydrogens is 847 g/mol. The fourth-order valence-corrected chi connectivity index (χ4v) is 9.90. The zero-order chi connectivity index (χ0) is 42.6. The molecule has 1 saturated heterocycles. The molecule has 0 spiro atoms. The molecule has 0 radical (unpaired) electrons. The summed E-state index contributed by atoms with van der Waals surface area (Å²) < 4.78 is 3.74. The molecule has 6 aromatic rings. The van der Waals surface area contributed by atoms with Gasteiger partial charge in [0.1, 0.15) is 29.6 Å². The Morgan fingerprint density at radius 2 is 1.26 bits per heavy atom. The third kappa shape index (κ3) is 7.74. The number of anilines is 2. The van der Waals surface area contributed by atoms with Crippen LogP contribution in [0, 0.1) is 0 Å². The number of aromatic nitrogens is 14. The minimum atomic E-state index is -1.18. The van der Waals surface area contributed by atoms with Gasteiger partial charge < -0.3 is 50.4 Å². The van der Waals surface area contributed by atoms with Gasteiger partial charge in [-0.05, 0) is 81.0 Å². The first-order valence-electron chi connectivity index (χ1n) is 20.9. The third-order valence-electron chi connectivity index (χ3n) is 12.8. The van der Waals surface area contributed by atoms with Gasteiger partial charge in [0.2, 0.25) is 10.6 Å². The Morgan fingerprint density at radius 3 is 1.94 bits per heavy atom. The first-order valence-corrected chi connectivity index (χ1v) is 21.7. The molecule has 7 N–H and O–H groups in total. The standard InChI is InChI=1S/C37H46Cl2N18O5/c38-35-47-31(27-33(49-35)54(16-40-27)23-5-6-24(9-23)56-42-11-21(14-58)51-56)44-18-1-3-19(4-2-18)46-37(62)53-8-7-20(13-53)45-32-28-34(50-36(39)48-32)55(17-41-28)25-10-26(30(61)29(25)60)57-43-12-22(15-59)52-57/h11-12,16-20,23-26,29-30,58-61H,1-10,13-15H2,(H,46,62)(H,44,47,49)(H,45,48,50)/t18-,19-,20-,23+,24-,25-,26+,29+,30-/m1/s1. The summed E-state index contributed by atoms with van der Waals surface area (Å²) in [7, 11) is 0. The van der Waals surface area contributed by atoms with Crippen LogP contribution >= 0.6 is 23.2 Å². The van der Waals surface area contributed by atoms with E-state index in [-0.39, 0.29) is 66.4 Å². The van der Waals surface area contributed by atoms with Crippen LogP contribution in [0.2, 0.25) is 10.6 Å². The first-order chi connectivity index (χ1) is 30.1. The summed E-state index contributed by atoms with van der Waals surface area (Å²) in [6.07, 6.45) is 10.7. The number of imidazole rings is 2. The van der Waals surface area contributed by atoms with E-state index in [0.29, 0.717) is 64.9 Å². The molecule has 6 aromatic heterocycles. The van der Waals surface area contributed by atoms with Gasteiger partial charge in [-0.1, -0.05) is 0 Å². The third-order valence-corrected chi connectivity index (χ3v) is 13.1. The molecule has 1 aliphatic heterocycles. The Hall–Kier alpha value is -5.33. The SMILES string of the molecule is O=C(N[C@H]1CC[C@H](Nc2nc(Cl)nc3c2ncn3[C@H]2CC[C@@H](n3ncc(CO)n3)C2)CC1)N1CC[C@@H](Nc2nc(Cl)nc3c2ncn3[C@@H]2C[C@H](n3ncc(CO)n3)[C@@H](O)[C@H]2O)C1. The normalized spacial score (nSPS) is 27.8. The van der Waals surface area contributed by atoms with Crippen molar-refractivity contribution >= 4 is 63.2 Å². The van der Waals surface area contributed by atoms with Crippen LogP contribution < -0.4 is 16.0 Å². The van der Waals surface area contributed by atoms with Crippen LogP contribution in [0.25, 0.3) is 22.3 Å². The highest BCUT2D eigenvalue weighted by atomic mass is 35.5. The lowest BCUT2D eigenvalue weighted by atomic mass is 9.91. The van der Waals surface area contributed by atoms with Crippen molar-refractivity contribution in [1.82, 2.24) is 79.2 Å². The summed E-state index contributed by atoms with van der Waals surface area (Å²) in [6.45, 7) is 0.558. The minimum Gasteiger partial charge on any atom is -0.390 e. The minimum absolute atomic E-state index is 0.0166. The molecule has 0 bridgehead atoms. The number of urea groups is 1. The van der Waals surface area contributed by atoms with E-state index in [9.17, 15) is 25.2 Å². The van der Waals surface area contributed by atoms with E-state index in [1.165, 1.54) is 11.0 Å². The van der Waals surface area contributed by atoms with Crippen LogP contribution in [-0.4, -0.2) is 144 Å². The quantitative estimate of drug-likeness (QED) is 0.0915. The molecule has 0 unspecified atom stereocenters. The van der Waals surface area contributed by atoms with E-state index in [1.54, 1.807) is 33.1 Å². The number of fused-ring (bicyclic) bond motifs is 2. The number of nitrogens with one attached hydrogen (secondary N) is 3. The topological polar surface area (TPSA) is 286 Å². The van der Waals surface area contributed by atoms with Crippen molar-refractivity contribution in [1.29, 1.82) is 0 Å². The molecule has 0 aromatic carbocycles. The monoisotopic (exact) mass is 892 g/mol. The van der Waals surface area contributed by atoms with Crippen LogP contribution in [0.15, 0.2) is 25.0 Å². The maximum Gasteiger partial charge on any atom is 0.317 e. The predicted molar refractivity (Wildman–Crippen MR) is 221 cm³/mol. The number of aliphatic hydroxyl groups is 4. The second kappa shape index (κ2) is 16.7. The maximum atomic E-state index is 13.5. The van der Waals surface area contributed by atoms with Crippen molar-refractivity contribution in [3.63, 3.8) is 0 Å². The average molecular weight is 894 g/mol. The van der Waals surface area contributed by atoms with Crippen LogP contribution in [-0.2, 0) is 13.2 Å². The summed E-state index contributed by atoms with van der Waals surface area (Å²) in [5.74, 6) is 1.00. The van der Waals surface area contributed by atoms with Crippen molar-refractivity contribution in [2.24, 2.45) is 0 Å². The van der Waals surface area contributed by atoms with Crippen LogP contribution in [0.3, 0.4) is 0 Å². The molecular formula is C37H46Cl2N18O5. The first kappa shape index (κ1) is 40.7. The van der Waals surface area contributed by atoms with Gasteiger partial charge >= 0.3 is 6.03 Å². The Bertz CT molecular complexity index is 2570. The number of halogens is 2. The molecule has 7 heterocycles. The Morgan fingerprint density at radius 1 is 0.677 bits per heavy atom. The molecule has 25 heteroatoms. The van der Waals surface area contributed by atoms with Crippen LogP contribution in [0.1, 0.15) is 93.3 Å². The van der Waals surface area contributed by atoms with Crippen molar-refractivity contribution < 1.29 is 25.2 Å². The summed E-state index contributed by atoms with van der Waals surface area (Å²) in [5.41, 5.74) is 3.06. The van der Waals surface area contributed by atoms with Gasteiger partial charge in [0.15, 0.2) is 34.0 Å². The maximum absolute atomic E-state index is 13.5. The Labute approximate surface area is 362 Å². The van der Waals surface area contributed by atoms with Crippen molar-refractivity contribution in [2.45, 2.75) is 126 Å². The van der Waals surface area contributed by atoms with Gasteiger partial charge in [-0.2, -0.15) is 49.9 Å². The molecule has 3 saturated carbocycles. The van der Waals surface area contributed by atoms with Crippen LogP contribution in [0.4, 0.5) is 16.4 Å². The second-order valence-electron chi connectivity index (χ2n) is 16.7. The van der Waals surface area contributed by atoms with Gasteiger partial charge in [0.25, 0.3) is 0 Å². The van der Waals surface area contributed by atoms with E-state index in [2.05, 4.69) is 65.8 Å². The van der Waals surface area contributed by atoms with Gasteiger partial charge in [-0.25, -0.2) is 14.8 Å². The van der Waals surface area contributed by atoms with Crippen molar-refractivity contribution in [2.75, 3.05) is 23.7 Å². The Balaban J connectivity index is 0.727. The summed E-state index contributed by atoms with van der Waals surface area (Å²) in [6, 6.07) is -1.12. The molecule has 62 heavy (non-hydrogen) atoms. The van der Waals surface area contributed by atoms with E-state index in [4.69, 9.17) is 28.2 Å². The van der Waals surface area contributed by atoms with E-state index >= 15 is 0 Å². The number of amides is 2. The van der Waals surface area contributed by atoms with Crippen molar-refractivity contribution in [3.8, 4) is 0 Å². The highest BCUT2D eigenvalue weighted by molar-refractivity contribution is 6.29. The lowest BCUT2D eigenvalue weighted by Crippen LogP contribution is -2.46. The van der Waals surface area contributed by atoms with E-state index < -0.39 is 24.3 Å². The molecule has 2 amide bonds. The number of hydrogen-bond donors (Lipinski definition) is 7. The average Bonchev–Trinajstić information content (AvgIpc) is 4.12. The second-order valence-corrected chi connectivity index (χ2v) is 17.3. The van der Waals surface area contributed by atoms with Gasteiger partial charge in [-0.3, -0.25) is 0 Å². The lowest BCUT2D eigenvalue weighted by molar-refractivity contribution is 0.00491. The summed E-state index contributed by atoms with van der Waals surface area (Å²) in [4.78, 5) is 45.5. The van der Waals surface area contributed by atoms with Crippen LogP contribution in [0.5, 0.6) is 0 Å². The van der Waals surface area contributed by atoms with E-state index in [0.717, 1.165) is 44.9 Å². The predicted octanol–water partition coefficient (Wildman–Crippen LogP) is 1.93. The largest absolute Gasteiger partial charge is 0.390 e. The smallest absolute Gasteiger partial charge is 0.317 e. The zero-order valence-electron chi connectivity index (χ0n) is 33.4. The lowest BCUT2D eigenvalue weighted by Gasteiger charge is -2.31. The van der Waals surface area contributed by atoms with E-state index in [1.807, 2.05) is 0 Å². The fraction of sp³-hybridized carbons (Fsp3) is 0.595. The Kier molecular flexibility index (Phi) is 11.0. The summed E-state index contributed by atoms with van der Waals surface area (Å²) >= 11 is 12.9. The van der Waals surface area contributed by atoms with Crippen molar-refractivity contribution in [3.05, 3.63) is 47.0 Å². The molecule has 3 aliphatic carbocycles. The molecule has 7 atom stereocenters. The molecule has 23 nitrogen and oxygen atoms in total. The number of hydrogen-bond acceptors (Lipinski definition) is 17. The molecule has 4 fully saturated rings. The number of carbonyl (C=O) groups is 1. The summed E-state index contributed by atoms with van der Waals surface area (Å²) in [5, 5.41) is 68.2. The number of aliphatic hydroxyl groups excluding tert-OH is 4.